The number of carbonyl (C=O) groups is 1. The Hall–Kier alpha value is -2.90. The van der Waals surface area contributed by atoms with Crippen molar-refractivity contribution in [2.75, 3.05) is 6.61 Å². The Morgan fingerprint density at radius 3 is 2.50 bits per heavy atom. The molecule has 0 amide bonds. The molecule has 0 saturated carbocycles. The van der Waals surface area contributed by atoms with Gasteiger partial charge in [-0.3, -0.25) is 0 Å². The molecule has 0 aromatic heterocycles. The molecule has 0 unspecified atom stereocenters. The van der Waals surface area contributed by atoms with Crippen LogP contribution < -0.4 is 9.47 Å². The van der Waals surface area contributed by atoms with Gasteiger partial charge in [-0.2, -0.15) is 0 Å². The molecule has 0 spiro atoms. The van der Waals surface area contributed by atoms with Crippen LogP contribution >= 0.6 is 31.9 Å². The van der Waals surface area contributed by atoms with Crippen molar-refractivity contribution in [3.63, 3.8) is 0 Å². The maximum Gasteiger partial charge on any atom is 0.363 e. The first-order chi connectivity index (χ1) is 15.5. The van der Waals surface area contributed by atoms with Gasteiger partial charge in [0.1, 0.15) is 6.61 Å². The Morgan fingerprint density at radius 2 is 1.75 bits per heavy atom. The smallest absolute Gasteiger partial charge is 0.363 e. The summed E-state index contributed by atoms with van der Waals surface area (Å²) in [6.45, 7) is 2.79. The van der Waals surface area contributed by atoms with E-state index in [0.29, 0.717) is 24.7 Å². The summed E-state index contributed by atoms with van der Waals surface area (Å²) in [4.78, 5) is 16.7. The van der Waals surface area contributed by atoms with E-state index in [-0.39, 0.29) is 11.6 Å². The van der Waals surface area contributed by atoms with Gasteiger partial charge in [-0.15, -0.1) is 0 Å². The summed E-state index contributed by atoms with van der Waals surface area (Å²) >= 11 is 6.92. The van der Waals surface area contributed by atoms with Crippen LogP contribution in [0.15, 0.2) is 86.4 Å². The lowest BCUT2D eigenvalue weighted by atomic mass is 10.1. The lowest BCUT2D eigenvalue weighted by molar-refractivity contribution is -0.129. The van der Waals surface area contributed by atoms with Crippen molar-refractivity contribution < 1.29 is 19.0 Å². The van der Waals surface area contributed by atoms with Crippen LogP contribution in [0, 0.1) is 0 Å². The van der Waals surface area contributed by atoms with E-state index in [1.807, 2.05) is 73.7 Å². The Balaban J connectivity index is 1.56. The Bertz CT molecular complexity index is 1200. The van der Waals surface area contributed by atoms with Crippen molar-refractivity contribution in [2.24, 2.45) is 4.99 Å². The van der Waals surface area contributed by atoms with Gasteiger partial charge < -0.3 is 14.2 Å². The maximum absolute atomic E-state index is 12.3. The predicted molar refractivity (Wildman–Crippen MR) is 131 cm³/mol. The van der Waals surface area contributed by atoms with Crippen LogP contribution in [0.5, 0.6) is 11.5 Å². The highest BCUT2D eigenvalue weighted by Gasteiger charge is 2.24. The lowest BCUT2D eigenvalue weighted by Crippen LogP contribution is -2.05. The number of nitrogens with zero attached hydrogens (tertiary/aromatic N) is 1. The normalized spacial score (nSPS) is 14.3. The van der Waals surface area contributed by atoms with E-state index in [1.54, 1.807) is 6.08 Å². The summed E-state index contributed by atoms with van der Waals surface area (Å²) in [6, 6.07) is 20.8. The number of rotatable bonds is 7. The van der Waals surface area contributed by atoms with Crippen molar-refractivity contribution in [1.29, 1.82) is 0 Å². The number of ether oxygens (including phenoxy) is 3. The maximum atomic E-state index is 12.3. The van der Waals surface area contributed by atoms with Gasteiger partial charge in [0, 0.05) is 20.1 Å². The second kappa shape index (κ2) is 10.1. The molecule has 3 aromatic carbocycles. The molecule has 0 N–H and O–H groups in total. The first kappa shape index (κ1) is 22.3. The Morgan fingerprint density at radius 1 is 0.969 bits per heavy atom. The summed E-state index contributed by atoms with van der Waals surface area (Å²) < 4.78 is 19.0. The standard InChI is InChI=1S/C25H19Br2NO4/c1-2-30-23-14-16(7-12-22(23)31-15-18-5-3-4-6-20(18)27)13-21-25(29)32-24(28-21)17-8-10-19(26)11-9-17/h3-14H,2,15H2,1H3/b21-13-. The van der Waals surface area contributed by atoms with Crippen LogP contribution in [0.4, 0.5) is 0 Å². The number of aliphatic imine (C=N–C) groups is 1. The minimum absolute atomic E-state index is 0.229. The van der Waals surface area contributed by atoms with Crippen LogP contribution in [0.1, 0.15) is 23.6 Å². The second-order valence-electron chi connectivity index (χ2n) is 6.86. The number of benzene rings is 3. The van der Waals surface area contributed by atoms with E-state index in [4.69, 9.17) is 14.2 Å². The van der Waals surface area contributed by atoms with E-state index >= 15 is 0 Å². The fourth-order valence-electron chi connectivity index (χ4n) is 3.06. The highest BCUT2D eigenvalue weighted by Crippen LogP contribution is 2.31. The zero-order chi connectivity index (χ0) is 22.5. The van der Waals surface area contributed by atoms with Gasteiger partial charge in [0.05, 0.1) is 6.61 Å². The van der Waals surface area contributed by atoms with E-state index in [1.165, 1.54) is 0 Å². The zero-order valence-electron chi connectivity index (χ0n) is 17.2. The summed E-state index contributed by atoms with van der Waals surface area (Å²) in [7, 11) is 0. The molecule has 5 nitrogen and oxygen atoms in total. The molecule has 1 heterocycles. The highest BCUT2D eigenvalue weighted by molar-refractivity contribution is 9.10. The van der Waals surface area contributed by atoms with E-state index in [9.17, 15) is 4.79 Å². The quantitative estimate of drug-likeness (QED) is 0.245. The Kier molecular flexibility index (Phi) is 7.07. The van der Waals surface area contributed by atoms with E-state index in [2.05, 4.69) is 36.9 Å². The molecule has 0 fully saturated rings. The molecule has 0 aliphatic carbocycles. The molecule has 0 saturated heterocycles. The predicted octanol–water partition coefficient (Wildman–Crippen LogP) is 6.53. The molecule has 4 rings (SSSR count). The fraction of sp³-hybridized carbons (Fsp3) is 0.120. The minimum atomic E-state index is -0.491. The number of hydrogen-bond donors (Lipinski definition) is 0. The van der Waals surface area contributed by atoms with Gasteiger partial charge in [0.25, 0.3) is 0 Å². The zero-order valence-corrected chi connectivity index (χ0v) is 20.4. The Labute approximate surface area is 203 Å². The molecule has 0 bridgehead atoms. The SMILES string of the molecule is CCOc1cc(/C=C2\N=C(c3ccc(Br)cc3)OC2=O)ccc1OCc1ccccc1Br. The third-order valence-corrected chi connectivity index (χ3v) is 5.93. The van der Waals surface area contributed by atoms with Gasteiger partial charge in [0.2, 0.25) is 5.90 Å². The molecule has 0 atom stereocenters. The molecule has 1 aliphatic rings. The van der Waals surface area contributed by atoms with Crippen molar-refractivity contribution >= 4 is 49.8 Å². The average molecular weight is 557 g/mol. The van der Waals surface area contributed by atoms with Crippen molar-refractivity contribution in [3.8, 4) is 11.5 Å². The largest absolute Gasteiger partial charge is 0.490 e. The third-order valence-electron chi connectivity index (χ3n) is 4.62. The van der Waals surface area contributed by atoms with Gasteiger partial charge in [0.15, 0.2) is 17.2 Å². The first-order valence-electron chi connectivity index (χ1n) is 9.95. The molecule has 32 heavy (non-hydrogen) atoms. The summed E-state index contributed by atoms with van der Waals surface area (Å²) in [5, 5.41) is 0. The molecular formula is C25H19Br2NO4. The third kappa shape index (κ3) is 5.29. The fourth-order valence-corrected chi connectivity index (χ4v) is 3.72. The van der Waals surface area contributed by atoms with Crippen LogP contribution in [-0.2, 0) is 16.1 Å². The van der Waals surface area contributed by atoms with E-state index in [0.717, 1.165) is 25.6 Å². The number of hydrogen-bond acceptors (Lipinski definition) is 5. The number of cyclic esters (lactones) is 1. The number of esters is 1. The summed E-state index contributed by atoms with van der Waals surface area (Å²) in [5.74, 6) is 1.01. The highest BCUT2D eigenvalue weighted by atomic mass is 79.9. The molecule has 0 radical (unpaired) electrons. The van der Waals surface area contributed by atoms with Crippen LogP contribution in [0.3, 0.4) is 0 Å². The first-order valence-corrected chi connectivity index (χ1v) is 11.5. The van der Waals surface area contributed by atoms with Gasteiger partial charge in [-0.05, 0) is 61.0 Å². The van der Waals surface area contributed by atoms with Crippen molar-refractivity contribution in [1.82, 2.24) is 0 Å². The monoisotopic (exact) mass is 555 g/mol. The average Bonchev–Trinajstić information content (AvgIpc) is 3.15. The molecule has 3 aromatic rings. The minimum Gasteiger partial charge on any atom is -0.490 e. The molecule has 7 heteroatoms. The second-order valence-corrected chi connectivity index (χ2v) is 8.63. The number of halogens is 2. The number of carbonyl (C=O) groups excluding carboxylic acids is 1. The molecule has 1 aliphatic heterocycles. The van der Waals surface area contributed by atoms with Crippen LogP contribution in [0.25, 0.3) is 6.08 Å². The lowest BCUT2D eigenvalue weighted by Gasteiger charge is -2.13. The van der Waals surface area contributed by atoms with Gasteiger partial charge >= 0.3 is 5.97 Å². The van der Waals surface area contributed by atoms with Crippen molar-refractivity contribution in [2.45, 2.75) is 13.5 Å². The topological polar surface area (TPSA) is 57.1 Å². The van der Waals surface area contributed by atoms with Gasteiger partial charge in [-0.1, -0.05) is 56.1 Å². The molecular weight excluding hydrogens is 538 g/mol. The van der Waals surface area contributed by atoms with Crippen molar-refractivity contribution in [3.05, 3.63) is 98.1 Å². The summed E-state index contributed by atoms with van der Waals surface area (Å²) in [6.07, 6.45) is 1.67. The van der Waals surface area contributed by atoms with Crippen LogP contribution in [0.2, 0.25) is 0 Å². The molecule has 162 valence electrons. The summed E-state index contributed by atoms with van der Waals surface area (Å²) in [5.41, 5.74) is 2.75. The van der Waals surface area contributed by atoms with Crippen LogP contribution in [-0.4, -0.2) is 18.5 Å². The van der Waals surface area contributed by atoms with Gasteiger partial charge in [-0.25, -0.2) is 9.79 Å². The van der Waals surface area contributed by atoms with E-state index < -0.39 is 5.97 Å².